The van der Waals surface area contributed by atoms with E-state index in [9.17, 15) is 4.79 Å². The number of rotatable bonds is 5. The molecule has 1 aliphatic carbocycles. The first kappa shape index (κ1) is 14.9. The van der Waals surface area contributed by atoms with E-state index < -0.39 is 0 Å². The number of ether oxygens (including phenoxy) is 1. The predicted molar refractivity (Wildman–Crippen MR) is 80.8 cm³/mol. The number of nitrogens with zero attached hydrogens (tertiary/aromatic N) is 1. The SMILES string of the molecule is CCN(C(=O)C1CCCC1)C(C)c1cccc(OC)c1. The van der Waals surface area contributed by atoms with Crippen molar-refractivity contribution in [3.8, 4) is 5.75 Å². The fraction of sp³-hybridized carbons (Fsp3) is 0.588. The number of benzene rings is 1. The summed E-state index contributed by atoms with van der Waals surface area (Å²) in [6.07, 6.45) is 4.50. The van der Waals surface area contributed by atoms with Gasteiger partial charge in [0.05, 0.1) is 13.2 Å². The summed E-state index contributed by atoms with van der Waals surface area (Å²) in [4.78, 5) is 14.6. The molecule has 0 N–H and O–H groups in total. The Hall–Kier alpha value is -1.51. The predicted octanol–water partition coefficient (Wildman–Crippen LogP) is 3.79. The lowest BCUT2D eigenvalue weighted by atomic mass is 10.0. The highest BCUT2D eigenvalue weighted by Crippen LogP contribution is 2.30. The first-order chi connectivity index (χ1) is 9.67. The minimum atomic E-state index is 0.100. The van der Waals surface area contributed by atoms with Gasteiger partial charge in [-0.3, -0.25) is 4.79 Å². The zero-order chi connectivity index (χ0) is 14.5. The normalized spacial score (nSPS) is 16.9. The molecule has 0 aliphatic heterocycles. The second-order valence-electron chi connectivity index (χ2n) is 5.56. The van der Waals surface area contributed by atoms with Gasteiger partial charge in [0.15, 0.2) is 0 Å². The average Bonchev–Trinajstić information content (AvgIpc) is 3.02. The van der Waals surface area contributed by atoms with Crippen LogP contribution in [0.25, 0.3) is 0 Å². The number of hydrogen-bond donors (Lipinski definition) is 0. The average molecular weight is 275 g/mol. The number of methoxy groups -OCH3 is 1. The summed E-state index contributed by atoms with van der Waals surface area (Å²) in [6.45, 7) is 4.92. The molecule has 1 aromatic carbocycles. The lowest BCUT2D eigenvalue weighted by Crippen LogP contribution is -2.37. The van der Waals surface area contributed by atoms with E-state index in [-0.39, 0.29) is 12.0 Å². The molecule has 0 radical (unpaired) electrons. The van der Waals surface area contributed by atoms with Crippen molar-refractivity contribution in [2.45, 2.75) is 45.6 Å². The maximum absolute atomic E-state index is 12.6. The van der Waals surface area contributed by atoms with Crippen molar-refractivity contribution < 1.29 is 9.53 Å². The first-order valence-electron chi connectivity index (χ1n) is 7.61. The monoisotopic (exact) mass is 275 g/mol. The topological polar surface area (TPSA) is 29.5 Å². The molecule has 1 aliphatic rings. The maximum Gasteiger partial charge on any atom is 0.226 e. The lowest BCUT2D eigenvalue weighted by Gasteiger charge is -2.31. The zero-order valence-corrected chi connectivity index (χ0v) is 12.8. The molecule has 110 valence electrons. The second kappa shape index (κ2) is 6.78. The molecule has 0 aromatic heterocycles. The van der Waals surface area contributed by atoms with Crippen LogP contribution in [0.15, 0.2) is 24.3 Å². The van der Waals surface area contributed by atoms with Gasteiger partial charge in [0, 0.05) is 12.5 Å². The van der Waals surface area contributed by atoms with Gasteiger partial charge in [0.2, 0.25) is 5.91 Å². The van der Waals surface area contributed by atoms with Crippen LogP contribution < -0.4 is 4.74 Å². The second-order valence-corrected chi connectivity index (χ2v) is 5.56. The number of carbonyl (C=O) groups excluding carboxylic acids is 1. The van der Waals surface area contributed by atoms with Gasteiger partial charge in [-0.15, -0.1) is 0 Å². The van der Waals surface area contributed by atoms with E-state index in [0.29, 0.717) is 5.91 Å². The van der Waals surface area contributed by atoms with Crippen LogP contribution in [0, 0.1) is 5.92 Å². The molecule has 3 nitrogen and oxygen atoms in total. The Kier molecular flexibility index (Phi) is 5.05. The Bertz CT molecular complexity index is 452. The Morgan fingerprint density at radius 3 is 2.70 bits per heavy atom. The highest BCUT2D eigenvalue weighted by Gasteiger charge is 2.29. The third-order valence-electron chi connectivity index (χ3n) is 4.37. The summed E-state index contributed by atoms with van der Waals surface area (Å²) in [5, 5.41) is 0. The summed E-state index contributed by atoms with van der Waals surface area (Å²) in [5.41, 5.74) is 1.14. The molecule has 0 spiro atoms. The van der Waals surface area contributed by atoms with Crippen LogP contribution in [0.1, 0.15) is 51.1 Å². The van der Waals surface area contributed by atoms with Crippen molar-refractivity contribution in [3.05, 3.63) is 29.8 Å². The van der Waals surface area contributed by atoms with Crippen LogP contribution in [0.4, 0.5) is 0 Å². The molecule has 1 fully saturated rings. The maximum atomic E-state index is 12.6. The van der Waals surface area contributed by atoms with Gasteiger partial charge in [-0.1, -0.05) is 25.0 Å². The van der Waals surface area contributed by atoms with Gasteiger partial charge < -0.3 is 9.64 Å². The summed E-state index contributed by atoms with van der Waals surface area (Å²) < 4.78 is 5.28. The van der Waals surface area contributed by atoms with Crippen LogP contribution in [0.2, 0.25) is 0 Å². The van der Waals surface area contributed by atoms with Gasteiger partial charge in [0.25, 0.3) is 0 Å². The van der Waals surface area contributed by atoms with Crippen molar-refractivity contribution in [3.63, 3.8) is 0 Å². The van der Waals surface area contributed by atoms with E-state index in [2.05, 4.69) is 19.9 Å². The van der Waals surface area contributed by atoms with Gasteiger partial charge in [-0.05, 0) is 44.4 Å². The number of carbonyl (C=O) groups is 1. The molecule has 1 amide bonds. The molecule has 0 heterocycles. The zero-order valence-electron chi connectivity index (χ0n) is 12.8. The molecule has 1 atom stereocenters. The van der Waals surface area contributed by atoms with Gasteiger partial charge in [0.1, 0.15) is 5.75 Å². The van der Waals surface area contributed by atoms with Crippen LogP contribution in [-0.2, 0) is 4.79 Å². The molecule has 1 saturated carbocycles. The highest BCUT2D eigenvalue weighted by atomic mass is 16.5. The first-order valence-corrected chi connectivity index (χ1v) is 7.61. The van der Waals surface area contributed by atoms with Crippen LogP contribution >= 0.6 is 0 Å². The lowest BCUT2D eigenvalue weighted by molar-refractivity contribution is -0.137. The van der Waals surface area contributed by atoms with E-state index in [1.165, 1.54) is 12.8 Å². The van der Waals surface area contributed by atoms with Crippen molar-refractivity contribution in [2.75, 3.05) is 13.7 Å². The van der Waals surface area contributed by atoms with Gasteiger partial charge in [-0.2, -0.15) is 0 Å². The van der Waals surface area contributed by atoms with Gasteiger partial charge >= 0.3 is 0 Å². The fourth-order valence-electron chi connectivity index (χ4n) is 3.11. The van der Waals surface area contributed by atoms with Crippen molar-refractivity contribution in [2.24, 2.45) is 5.92 Å². The Balaban J connectivity index is 2.14. The van der Waals surface area contributed by atoms with Gasteiger partial charge in [-0.25, -0.2) is 0 Å². The van der Waals surface area contributed by atoms with E-state index in [4.69, 9.17) is 4.74 Å². The third-order valence-corrected chi connectivity index (χ3v) is 4.37. The molecule has 0 bridgehead atoms. The van der Waals surface area contributed by atoms with Crippen molar-refractivity contribution in [1.29, 1.82) is 0 Å². The molecule has 1 unspecified atom stereocenters. The summed E-state index contributed by atoms with van der Waals surface area (Å²) in [5.74, 6) is 1.40. The molecule has 20 heavy (non-hydrogen) atoms. The van der Waals surface area contributed by atoms with E-state index in [1.54, 1.807) is 7.11 Å². The van der Waals surface area contributed by atoms with E-state index in [0.717, 1.165) is 30.7 Å². The number of hydrogen-bond acceptors (Lipinski definition) is 2. The highest BCUT2D eigenvalue weighted by molar-refractivity contribution is 5.79. The Morgan fingerprint density at radius 2 is 2.10 bits per heavy atom. The molecular formula is C17H25NO2. The summed E-state index contributed by atoms with van der Waals surface area (Å²) in [6, 6.07) is 8.11. The minimum Gasteiger partial charge on any atom is -0.497 e. The summed E-state index contributed by atoms with van der Waals surface area (Å²) >= 11 is 0. The van der Waals surface area contributed by atoms with E-state index >= 15 is 0 Å². The molecular weight excluding hydrogens is 250 g/mol. The smallest absolute Gasteiger partial charge is 0.226 e. The van der Waals surface area contributed by atoms with Crippen molar-refractivity contribution in [1.82, 2.24) is 4.90 Å². The summed E-state index contributed by atoms with van der Waals surface area (Å²) in [7, 11) is 1.67. The molecule has 0 saturated heterocycles. The Labute approximate surface area is 121 Å². The van der Waals surface area contributed by atoms with Crippen LogP contribution in [0.3, 0.4) is 0 Å². The number of amides is 1. The third kappa shape index (κ3) is 3.14. The molecule has 3 heteroatoms. The quantitative estimate of drug-likeness (QED) is 0.818. The van der Waals surface area contributed by atoms with E-state index in [1.807, 2.05) is 23.1 Å². The molecule has 2 rings (SSSR count). The van der Waals surface area contributed by atoms with Crippen LogP contribution in [0.5, 0.6) is 5.75 Å². The molecule has 1 aromatic rings. The Morgan fingerprint density at radius 1 is 1.40 bits per heavy atom. The van der Waals surface area contributed by atoms with Crippen LogP contribution in [-0.4, -0.2) is 24.5 Å². The van der Waals surface area contributed by atoms with Crippen molar-refractivity contribution >= 4 is 5.91 Å². The fourth-order valence-corrected chi connectivity index (χ4v) is 3.11. The standard InChI is InChI=1S/C17H25NO2/c1-4-18(17(19)14-8-5-6-9-14)13(2)15-10-7-11-16(12-15)20-3/h7,10-14H,4-6,8-9H2,1-3H3. The minimum absolute atomic E-state index is 0.100. The largest absolute Gasteiger partial charge is 0.497 e.